The number of benzene rings is 1. The summed E-state index contributed by atoms with van der Waals surface area (Å²) in [5, 5.41) is 0. The maximum atomic E-state index is 11.4. The van der Waals surface area contributed by atoms with Crippen LogP contribution in [0.1, 0.15) is 0 Å². The molecular weight excluding hydrogens is 284 g/mol. The monoisotopic (exact) mass is 302 g/mol. The summed E-state index contributed by atoms with van der Waals surface area (Å²) in [6.45, 7) is 5.13. The fourth-order valence-corrected chi connectivity index (χ4v) is 2.97. The quantitative estimate of drug-likeness (QED) is 0.637. The SMILES string of the molecule is Nc1nc2cc3[nH]c(=O)[nH]c3cc2n1CCN1CCOCC1. The van der Waals surface area contributed by atoms with E-state index >= 15 is 0 Å². The van der Waals surface area contributed by atoms with Crippen LogP contribution in [0.4, 0.5) is 5.95 Å². The van der Waals surface area contributed by atoms with E-state index < -0.39 is 0 Å². The van der Waals surface area contributed by atoms with E-state index in [2.05, 4.69) is 19.9 Å². The molecule has 0 aliphatic carbocycles. The zero-order valence-corrected chi connectivity index (χ0v) is 12.1. The lowest BCUT2D eigenvalue weighted by Crippen LogP contribution is -2.38. The molecule has 4 N–H and O–H groups in total. The first-order valence-corrected chi connectivity index (χ1v) is 7.38. The highest BCUT2D eigenvalue weighted by Crippen LogP contribution is 2.22. The van der Waals surface area contributed by atoms with Gasteiger partial charge in [0.05, 0.1) is 35.3 Å². The van der Waals surface area contributed by atoms with E-state index in [0.717, 1.165) is 61.5 Å². The standard InChI is InChI=1S/C14H18N6O2/c15-13-16-11-7-9-10(18-14(21)17-9)8-12(11)20(13)2-1-19-3-5-22-6-4-19/h7-8H,1-6H2,(H2,15,16)(H2,17,18,21). The van der Waals surface area contributed by atoms with Crippen LogP contribution in [0.3, 0.4) is 0 Å². The van der Waals surface area contributed by atoms with Crippen molar-refractivity contribution in [2.24, 2.45) is 0 Å². The highest BCUT2D eigenvalue weighted by molar-refractivity contribution is 5.92. The van der Waals surface area contributed by atoms with Crippen LogP contribution in [0.15, 0.2) is 16.9 Å². The topological polar surface area (TPSA) is 105 Å². The smallest absolute Gasteiger partial charge is 0.323 e. The number of nitrogen functional groups attached to an aromatic ring is 1. The summed E-state index contributed by atoms with van der Waals surface area (Å²) in [7, 11) is 0. The van der Waals surface area contributed by atoms with Crippen molar-refractivity contribution in [2.75, 3.05) is 38.6 Å². The van der Waals surface area contributed by atoms with Gasteiger partial charge < -0.3 is 25.0 Å². The lowest BCUT2D eigenvalue weighted by atomic mass is 10.2. The molecule has 0 radical (unpaired) electrons. The number of morpholine rings is 1. The van der Waals surface area contributed by atoms with Crippen molar-refractivity contribution in [1.82, 2.24) is 24.4 Å². The third kappa shape index (κ3) is 2.26. The Morgan fingerprint density at radius 2 is 1.91 bits per heavy atom. The Hall–Kier alpha value is -2.32. The minimum absolute atomic E-state index is 0.213. The van der Waals surface area contributed by atoms with E-state index in [0.29, 0.717) is 5.95 Å². The summed E-state index contributed by atoms with van der Waals surface area (Å²) in [6, 6.07) is 3.77. The normalized spacial score (nSPS) is 16.7. The summed E-state index contributed by atoms with van der Waals surface area (Å²) < 4.78 is 7.35. The molecule has 0 amide bonds. The second-order valence-electron chi connectivity index (χ2n) is 5.54. The number of nitrogens with one attached hydrogen (secondary N) is 2. The number of nitrogens with two attached hydrogens (primary N) is 1. The lowest BCUT2D eigenvalue weighted by molar-refractivity contribution is 0.0366. The number of aromatic nitrogens is 4. The molecule has 3 aromatic rings. The molecule has 1 aliphatic heterocycles. The van der Waals surface area contributed by atoms with E-state index in [-0.39, 0.29) is 5.69 Å². The van der Waals surface area contributed by atoms with Crippen LogP contribution in [-0.2, 0) is 11.3 Å². The Morgan fingerprint density at radius 3 is 2.68 bits per heavy atom. The van der Waals surface area contributed by atoms with Crippen molar-refractivity contribution in [3.05, 3.63) is 22.6 Å². The molecule has 22 heavy (non-hydrogen) atoms. The number of ether oxygens (including phenoxy) is 1. The summed E-state index contributed by atoms with van der Waals surface area (Å²) in [4.78, 5) is 23.7. The van der Waals surface area contributed by atoms with Crippen LogP contribution in [0.25, 0.3) is 22.1 Å². The molecule has 1 aliphatic rings. The molecule has 116 valence electrons. The number of aromatic amines is 2. The van der Waals surface area contributed by atoms with Gasteiger partial charge in [0.2, 0.25) is 5.95 Å². The van der Waals surface area contributed by atoms with Crippen LogP contribution < -0.4 is 11.4 Å². The molecule has 1 fully saturated rings. The highest BCUT2D eigenvalue weighted by atomic mass is 16.5. The van der Waals surface area contributed by atoms with Gasteiger partial charge in [-0.25, -0.2) is 9.78 Å². The molecule has 2 aromatic heterocycles. The average Bonchev–Trinajstić information content (AvgIpc) is 3.01. The molecule has 3 heterocycles. The van der Waals surface area contributed by atoms with Gasteiger partial charge in [0, 0.05) is 26.2 Å². The predicted octanol–water partition coefficient (Wildman–Crippen LogP) is 0.120. The van der Waals surface area contributed by atoms with Gasteiger partial charge in [0.25, 0.3) is 0 Å². The van der Waals surface area contributed by atoms with Gasteiger partial charge in [-0.1, -0.05) is 0 Å². The first-order valence-electron chi connectivity index (χ1n) is 7.38. The van der Waals surface area contributed by atoms with E-state index in [4.69, 9.17) is 10.5 Å². The van der Waals surface area contributed by atoms with Gasteiger partial charge in [0.15, 0.2) is 0 Å². The fraction of sp³-hybridized carbons (Fsp3) is 0.429. The van der Waals surface area contributed by atoms with Crippen LogP contribution in [0.5, 0.6) is 0 Å². The van der Waals surface area contributed by atoms with Crippen LogP contribution in [0.2, 0.25) is 0 Å². The Labute approximate surface area is 125 Å². The van der Waals surface area contributed by atoms with E-state index in [1.165, 1.54) is 0 Å². The molecule has 4 rings (SSSR count). The molecule has 8 heteroatoms. The van der Waals surface area contributed by atoms with Crippen LogP contribution in [0, 0.1) is 0 Å². The van der Waals surface area contributed by atoms with Crippen molar-refractivity contribution in [3.63, 3.8) is 0 Å². The molecule has 0 atom stereocenters. The number of imidazole rings is 2. The molecule has 1 aromatic carbocycles. The molecule has 0 unspecified atom stereocenters. The number of hydrogen-bond donors (Lipinski definition) is 3. The maximum Gasteiger partial charge on any atom is 0.323 e. The van der Waals surface area contributed by atoms with E-state index in [1.807, 2.05) is 16.7 Å². The van der Waals surface area contributed by atoms with Gasteiger partial charge in [-0.3, -0.25) is 4.90 Å². The van der Waals surface area contributed by atoms with Crippen molar-refractivity contribution >= 4 is 28.0 Å². The van der Waals surface area contributed by atoms with Gasteiger partial charge in [0.1, 0.15) is 0 Å². The number of fused-ring (bicyclic) bond motifs is 2. The number of anilines is 1. The lowest BCUT2D eigenvalue weighted by Gasteiger charge is -2.26. The predicted molar refractivity (Wildman–Crippen MR) is 83.9 cm³/mol. The summed E-state index contributed by atoms with van der Waals surface area (Å²) in [5.74, 6) is 0.498. The zero-order valence-electron chi connectivity index (χ0n) is 12.1. The van der Waals surface area contributed by atoms with Crippen molar-refractivity contribution < 1.29 is 4.74 Å². The molecule has 1 saturated heterocycles. The zero-order chi connectivity index (χ0) is 15.1. The maximum absolute atomic E-state index is 11.4. The summed E-state index contributed by atoms with van der Waals surface area (Å²) >= 11 is 0. The van der Waals surface area contributed by atoms with Crippen LogP contribution in [-0.4, -0.2) is 57.3 Å². The van der Waals surface area contributed by atoms with E-state index in [1.54, 1.807) is 0 Å². The minimum atomic E-state index is -0.213. The second kappa shape index (κ2) is 5.15. The summed E-state index contributed by atoms with van der Waals surface area (Å²) in [5.41, 5.74) is 9.09. The van der Waals surface area contributed by atoms with Crippen molar-refractivity contribution in [2.45, 2.75) is 6.54 Å². The molecule has 0 spiro atoms. The number of nitrogens with zero attached hydrogens (tertiary/aromatic N) is 3. The minimum Gasteiger partial charge on any atom is -0.379 e. The first-order chi connectivity index (χ1) is 10.7. The van der Waals surface area contributed by atoms with Crippen LogP contribution >= 0.6 is 0 Å². The van der Waals surface area contributed by atoms with Gasteiger partial charge in [-0.05, 0) is 12.1 Å². The Balaban J connectivity index is 1.67. The molecule has 0 bridgehead atoms. The van der Waals surface area contributed by atoms with E-state index in [9.17, 15) is 4.79 Å². The first kappa shape index (κ1) is 13.4. The van der Waals surface area contributed by atoms with Gasteiger partial charge >= 0.3 is 5.69 Å². The molecule has 8 nitrogen and oxygen atoms in total. The number of hydrogen-bond acceptors (Lipinski definition) is 5. The molecule has 0 saturated carbocycles. The number of H-pyrrole nitrogens is 2. The number of rotatable bonds is 3. The van der Waals surface area contributed by atoms with Crippen molar-refractivity contribution in [3.8, 4) is 0 Å². The fourth-order valence-electron chi connectivity index (χ4n) is 2.97. The van der Waals surface area contributed by atoms with Gasteiger partial charge in [-0.2, -0.15) is 0 Å². The Kier molecular flexibility index (Phi) is 3.12. The van der Waals surface area contributed by atoms with Gasteiger partial charge in [-0.15, -0.1) is 0 Å². The third-order valence-electron chi connectivity index (χ3n) is 4.16. The summed E-state index contributed by atoms with van der Waals surface area (Å²) in [6.07, 6.45) is 0. The largest absolute Gasteiger partial charge is 0.379 e. The highest BCUT2D eigenvalue weighted by Gasteiger charge is 2.14. The average molecular weight is 302 g/mol. The Morgan fingerprint density at radius 1 is 1.18 bits per heavy atom. The van der Waals surface area contributed by atoms with Crippen molar-refractivity contribution in [1.29, 1.82) is 0 Å². The Bertz CT molecular complexity index is 871. The third-order valence-corrected chi connectivity index (χ3v) is 4.16. The second-order valence-corrected chi connectivity index (χ2v) is 5.54. The molecular formula is C14H18N6O2.